The molecule has 0 aliphatic carbocycles. The average molecular weight is 402 g/mol. The molecule has 0 aromatic heterocycles. The molecule has 1 aromatic carbocycles. The number of nitrogens with one attached hydrogen (secondary N) is 1. The molecule has 2 amide bonds. The number of hydrogen-bond acceptors (Lipinski definition) is 3. The molecule has 2 rings (SSSR count). The highest BCUT2D eigenvalue weighted by Gasteiger charge is 2.25. The van der Waals surface area contributed by atoms with Crippen LogP contribution in [0.15, 0.2) is 24.3 Å². The second-order valence-electron chi connectivity index (χ2n) is 10.7. The Kier molecular flexibility index (Phi) is 7.36. The van der Waals surface area contributed by atoms with Crippen LogP contribution in [0, 0.1) is 16.7 Å². The van der Waals surface area contributed by atoms with Crippen molar-refractivity contribution in [2.24, 2.45) is 16.7 Å². The van der Waals surface area contributed by atoms with Crippen LogP contribution in [0.25, 0.3) is 0 Å². The lowest BCUT2D eigenvalue weighted by atomic mass is 9.84. The van der Waals surface area contributed by atoms with Crippen LogP contribution in [-0.2, 0) is 9.59 Å². The molecule has 0 bridgehead atoms. The van der Waals surface area contributed by atoms with Crippen LogP contribution in [0.4, 0.5) is 11.4 Å². The van der Waals surface area contributed by atoms with Crippen LogP contribution in [0.2, 0.25) is 0 Å². The third kappa shape index (κ3) is 7.37. The van der Waals surface area contributed by atoms with E-state index >= 15 is 0 Å². The number of piperazine rings is 1. The predicted octanol–water partition coefficient (Wildman–Crippen LogP) is 4.78. The number of carbonyl (C=O) groups excluding carboxylic acids is 2. The van der Waals surface area contributed by atoms with Gasteiger partial charge in [-0.3, -0.25) is 9.59 Å². The summed E-state index contributed by atoms with van der Waals surface area (Å²) in [6.07, 6.45) is 1.70. The number of anilines is 2. The maximum atomic E-state index is 12.6. The zero-order valence-corrected chi connectivity index (χ0v) is 19.3. The number of rotatable bonds is 5. The van der Waals surface area contributed by atoms with Crippen molar-refractivity contribution in [1.29, 1.82) is 0 Å². The van der Waals surface area contributed by atoms with Crippen LogP contribution < -0.4 is 10.2 Å². The predicted molar refractivity (Wildman–Crippen MR) is 121 cm³/mol. The summed E-state index contributed by atoms with van der Waals surface area (Å²) in [5, 5.41) is 2.96. The van der Waals surface area contributed by atoms with Gasteiger partial charge in [0.15, 0.2) is 0 Å². The van der Waals surface area contributed by atoms with Crippen molar-refractivity contribution in [1.82, 2.24) is 4.90 Å². The monoisotopic (exact) mass is 401 g/mol. The lowest BCUT2D eigenvalue weighted by Crippen LogP contribution is -2.49. The number of amides is 2. The van der Waals surface area contributed by atoms with Crippen molar-refractivity contribution in [3.05, 3.63) is 24.3 Å². The summed E-state index contributed by atoms with van der Waals surface area (Å²) in [4.78, 5) is 29.1. The Morgan fingerprint density at radius 2 is 1.52 bits per heavy atom. The van der Waals surface area contributed by atoms with Gasteiger partial charge in [0, 0.05) is 49.4 Å². The van der Waals surface area contributed by atoms with E-state index in [4.69, 9.17) is 0 Å². The largest absolute Gasteiger partial charge is 0.368 e. The zero-order valence-electron chi connectivity index (χ0n) is 19.3. The molecule has 1 aliphatic heterocycles. The average Bonchev–Trinajstić information content (AvgIpc) is 2.60. The third-order valence-corrected chi connectivity index (χ3v) is 5.29. The molecule has 0 saturated carbocycles. The Balaban J connectivity index is 1.84. The quantitative estimate of drug-likeness (QED) is 0.772. The maximum absolute atomic E-state index is 12.6. The Bertz CT molecular complexity index is 690. The van der Waals surface area contributed by atoms with E-state index in [1.807, 2.05) is 49.9 Å². The smallest absolute Gasteiger partial charge is 0.229 e. The molecular formula is C24H39N3O2. The van der Waals surface area contributed by atoms with Crippen LogP contribution in [-0.4, -0.2) is 42.9 Å². The summed E-state index contributed by atoms with van der Waals surface area (Å²) in [6, 6.07) is 7.98. The standard InChI is InChI=1S/C24H39N3O2/c1-18(17-23(2,3)4)16-21(28)27-14-12-26(13-15-27)20-10-8-19(9-11-20)25-22(29)24(5,6)7/h8-11,18H,12-17H2,1-7H3,(H,25,29)/t18-/m0/s1. The first-order chi connectivity index (χ1) is 13.3. The minimum Gasteiger partial charge on any atom is -0.368 e. The molecule has 29 heavy (non-hydrogen) atoms. The topological polar surface area (TPSA) is 52.7 Å². The molecule has 5 nitrogen and oxygen atoms in total. The van der Waals surface area contributed by atoms with Gasteiger partial charge in [-0.05, 0) is 42.0 Å². The molecule has 1 atom stereocenters. The molecule has 162 valence electrons. The van der Waals surface area contributed by atoms with E-state index in [9.17, 15) is 9.59 Å². The summed E-state index contributed by atoms with van der Waals surface area (Å²) in [6.45, 7) is 17.8. The summed E-state index contributed by atoms with van der Waals surface area (Å²) < 4.78 is 0. The Morgan fingerprint density at radius 1 is 0.966 bits per heavy atom. The molecule has 1 heterocycles. The summed E-state index contributed by atoms with van der Waals surface area (Å²) >= 11 is 0. The zero-order chi connectivity index (χ0) is 21.8. The minimum atomic E-state index is -0.411. The first-order valence-corrected chi connectivity index (χ1v) is 10.8. The van der Waals surface area contributed by atoms with Crippen LogP contribution in [0.5, 0.6) is 0 Å². The lowest BCUT2D eigenvalue weighted by molar-refractivity contribution is -0.132. The fraction of sp³-hybridized carbons (Fsp3) is 0.667. The summed E-state index contributed by atoms with van der Waals surface area (Å²) in [5.41, 5.74) is 1.80. The van der Waals surface area contributed by atoms with Gasteiger partial charge in [-0.1, -0.05) is 48.5 Å². The summed E-state index contributed by atoms with van der Waals surface area (Å²) in [7, 11) is 0. The van der Waals surface area contributed by atoms with Gasteiger partial charge < -0.3 is 15.1 Å². The van der Waals surface area contributed by atoms with Gasteiger partial charge in [0.2, 0.25) is 11.8 Å². The van der Waals surface area contributed by atoms with Gasteiger partial charge >= 0.3 is 0 Å². The molecular weight excluding hydrogens is 362 g/mol. The van der Waals surface area contributed by atoms with E-state index in [-0.39, 0.29) is 17.2 Å². The SMILES string of the molecule is C[C@@H](CC(=O)N1CCN(c2ccc(NC(=O)C(C)(C)C)cc2)CC1)CC(C)(C)C. The van der Waals surface area contributed by atoms with Gasteiger partial charge in [0.25, 0.3) is 0 Å². The van der Waals surface area contributed by atoms with E-state index in [2.05, 4.69) is 37.9 Å². The fourth-order valence-corrected chi connectivity index (χ4v) is 3.83. The first kappa shape index (κ1) is 23.2. The van der Waals surface area contributed by atoms with Crippen molar-refractivity contribution in [2.75, 3.05) is 36.4 Å². The van der Waals surface area contributed by atoms with E-state index in [0.29, 0.717) is 12.3 Å². The molecule has 1 aromatic rings. The van der Waals surface area contributed by atoms with E-state index < -0.39 is 5.41 Å². The number of nitrogens with zero attached hydrogens (tertiary/aromatic N) is 2. The molecule has 1 N–H and O–H groups in total. The lowest BCUT2D eigenvalue weighted by Gasteiger charge is -2.37. The molecule has 1 fully saturated rings. The summed E-state index contributed by atoms with van der Waals surface area (Å²) in [5.74, 6) is 0.705. The van der Waals surface area contributed by atoms with Crippen molar-refractivity contribution >= 4 is 23.2 Å². The van der Waals surface area contributed by atoms with Crippen LogP contribution >= 0.6 is 0 Å². The second kappa shape index (κ2) is 9.19. The van der Waals surface area contributed by atoms with Crippen molar-refractivity contribution < 1.29 is 9.59 Å². The van der Waals surface area contributed by atoms with Crippen molar-refractivity contribution in [3.63, 3.8) is 0 Å². The van der Waals surface area contributed by atoms with E-state index in [0.717, 1.165) is 44.0 Å². The minimum absolute atomic E-state index is 0.0121. The van der Waals surface area contributed by atoms with Crippen molar-refractivity contribution in [3.8, 4) is 0 Å². The number of hydrogen-bond donors (Lipinski definition) is 1. The normalized spacial score (nSPS) is 16.5. The van der Waals surface area contributed by atoms with E-state index in [1.54, 1.807) is 0 Å². The van der Waals surface area contributed by atoms with Crippen molar-refractivity contribution in [2.45, 2.75) is 61.3 Å². The first-order valence-electron chi connectivity index (χ1n) is 10.8. The van der Waals surface area contributed by atoms with Gasteiger partial charge in [0.05, 0.1) is 0 Å². The fourth-order valence-electron chi connectivity index (χ4n) is 3.83. The van der Waals surface area contributed by atoms with E-state index in [1.165, 1.54) is 0 Å². The second-order valence-corrected chi connectivity index (χ2v) is 10.7. The molecule has 0 unspecified atom stereocenters. The van der Waals surface area contributed by atoms with Gasteiger partial charge in [0.1, 0.15) is 0 Å². The molecule has 0 radical (unpaired) electrons. The third-order valence-electron chi connectivity index (χ3n) is 5.29. The highest BCUT2D eigenvalue weighted by atomic mass is 16.2. The Hall–Kier alpha value is -2.04. The Labute approximate surface area is 176 Å². The Morgan fingerprint density at radius 3 is 2.00 bits per heavy atom. The highest BCUT2D eigenvalue weighted by Crippen LogP contribution is 2.27. The molecule has 1 saturated heterocycles. The van der Waals surface area contributed by atoms with Gasteiger partial charge in [-0.2, -0.15) is 0 Å². The maximum Gasteiger partial charge on any atom is 0.229 e. The number of carbonyl (C=O) groups is 2. The molecule has 0 spiro atoms. The van der Waals surface area contributed by atoms with Crippen LogP contribution in [0.1, 0.15) is 61.3 Å². The number of benzene rings is 1. The molecule has 1 aliphatic rings. The highest BCUT2D eigenvalue weighted by molar-refractivity contribution is 5.94. The van der Waals surface area contributed by atoms with Gasteiger partial charge in [-0.15, -0.1) is 0 Å². The molecule has 5 heteroatoms. The van der Waals surface area contributed by atoms with Crippen LogP contribution in [0.3, 0.4) is 0 Å². The van der Waals surface area contributed by atoms with Gasteiger partial charge in [-0.25, -0.2) is 0 Å².